The molecule has 4 nitrogen and oxygen atoms in total. The molecule has 3 aromatic rings. The minimum atomic E-state index is -4.75. The Hall–Kier alpha value is -1.17. The molecule has 0 aliphatic carbocycles. The van der Waals surface area contributed by atoms with E-state index >= 15 is 0 Å². The second kappa shape index (κ2) is 6.62. The molecular weight excluding hydrogens is 497 g/mol. The van der Waals surface area contributed by atoms with Gasteiger partial charge in [0.15, 0.2) is 5.13 Å². The number of thiophene rings is 1. The molecule has 1 aromatic carbocycles. The van der Waals surface area contributed by atoms with Gasteiger partial charge in [-0.1, -0.05) is 11.3 Å². The lowest BCUT2D eigenvalue weighted by atomic mass is 10.3. The molecule has 11 heteroatoms. The molecule has 0 saturated carbocycles. The number of benzene rings is 1. The molecule has 0 fully saturated rings. The lowest BCUT2D eigenvalue weighted by Gasteiger charge is -2.07. The fourth-order valence-electron chi connectivity index (χ4n) is 1.77. The van der Waals surface area contributed by atoms with Crippen LogP contribution in [0.2, 0.25) is 0 Å². The van der Waals surface area contributed by atoms with Gasteiger partial charge in [0.05, 0.1) is 18.9 Å². The summed E-state index contributed by atoms with van der Waals surface area (Å²) in [5.41, 5.74) is 0.471. The highest BCUT2D eigenvalue weighted by Gasteiger charge is 2.31. The van der Waals surface area contributed by atoms with Crippen molar-refractivity contribution in [2.75, 3.05) is 5.32 Å². The lowest BCUT2D eigenvalue weighted by Crippen LogP contribution is -2.16. The first-order chi connectivity index (χ1) is 11.2. The molecule has 3 rings (SSSR count). The van der Waals surface area contributed by atoms with Crippen molar-refractivity contribution < 1.29 is 22.7 Å². The third-order valence-corrected chi connectivity index (χ3v) is 6.87. The molecule has 0 unspecified atom stereocenters. The minimum Gasteiger partial charge on any atom is -0.406 e. The Kier molecular flexibility index (Phi) is 4.87. The van der Waals surface area contributed by atoms with Crippen molar-refractivity contribution >= 4 is 75.8 Å². The quantitative estimate of drug-likeness (QED) is 0.476. The van der Waals surface area contributed by atoms with Crippen molar-refractivity contribution in [3.63, 3.8) is 0 Å². The summed E-state index contributed by atoms with van der Waals surface area (Å²) in [5.74, 6) is -0.681. The van der Waals surface area contributed by atoms with Crippen LogP contribution in [0.1, 0.15) is 9.67 Å². The van der Waals surface area contributed by atoms with Gasteiger partial charge in [-0.3, -0.25) is 10.1 Å². The Morgan fingerprint density at radius 2 is 1.96 bits per heavy atom. The van der Waals surface area contributed by atoms with Crippen LogP contribution in [0.3, 0.4) is 0 Å². The molecule has 0 radical (unpaired) electrons. The number of carbonyl (C=O) groups excluding carboxylic acids is 1. The SMILES string of the molecule is O=C(Nc1nc2ccc(OC(F)(F)F)cc2s1)c1cc(Br)c(Br)s1. The van der Waals surface area contributed by atoms with Gasteiger partial charge < -0.3 is 4.74 Å². The largest absolute Gasteiger partial charge is 0.573 e. The van der Waals surface area contributed by atoms with Gasteiger partial charge in [0.25, 0.3) is 5.91 Å². The monoisotopic (exact) mass is 500 g/mol. The molecule has 0 aliphatic heterocycles. The molecule has 24 heavy (non-hydrogen) atoms. The van der Waals surface area contributed by atoms with Crippen LogP contribution < -0.4 is 10.1 Å². The van der Waals surface area contributed by atoms with Crippen molar-refractivity contribution in [2.45, 2.75) is 6.36 Å². The van der Waals surface area contributed by atoms with Gasteiger partial charge in [0.1, 0.15) is 5.75 Å². The first-order valence-corrected chi connectivity index (χ1v) is 9.36. The predicted molar refractivity (Wildman–Crippen MR) is 94.0 cm³/mol. The van der Waals surface area contributed by atoms with Crippen molar-refractivity contribution in [3.05, 3.63) is 37.4 Å². The van der Waals surface area contributed by atoms with Gasteiger partial charge in [0.2, 0.25) is 0 Å². The van der Waals surface area contributed by atoms with Crippen molar-refractivity contribution in [1.29, 1.82) is 0 Å². The summed E-state index contributed by atoms with van der Waals surface area (Å²) in [6.45, 7) is 0. The van der Waals surface area contributed by atoms with Gasteiger partial charge in [-0.15, -0.1) is 24.5 Å². The topological polar surface area (TPSA) is 51.2 Å². The van der Waals surface area contributed by atoms with Gasteiger partial charge >= 0.3 is 6.36 Å². The maximum absolute atomic E-state index is 12.2. The summed E-state index contributed by atoms with van der Waals surface area (Å²) < 4.78 is 42.6. The minimum absolute atomic E-state index is 0.291. The number of nitrogens with zero attached hydrogens (tertiary/aromatic N) is 1. The van der Waals surface area contributed by atoms with Gasteiger partial charge in [0, 0.05) is 10.5 Å². The van der Waals surface area contributed by atoms with E-state index in [0.29, 0.717) is 20.2 Å². The van der Waals surface area contributed by atoms with Crippen LogP contribution >= 0.6 is 54.5 Å². The Bertz CT molecular complexity index is 904. The second-order valence-corrected chi connectivity index (χ2v) is 8.64. The molecule has 2 aromatic heterocycles. The van der Waals surface area contributed by atoms with Crippen LogP contribution in [-0.2, 0) is 0 Å². The van der Waals surface area contributed by atoms with Crippen molar-refractivity contribution in [1.82, 2.24) is 4.98 Å². The van der Waals surface area contributed by atoms with Gasteiger partial charge in [-0.25, -0.2) is 4.98 Å². The van der Waals surface area contributed by atoms with E-state index < -0.39 is 6.36 Å². The van der Waals surface area contributed by atoms with Crippen LogP contribution in [0.25, 0.3) is 10.2 Å². The smallest absolute Gasteiger partial charge is 0.406 e. The lowest BCUT2D eigenvalue weighted by molar-refractivity contribution is -0.274. The van der Waals surface area contributed by atoms with E-state index in [9.17, 15) is 18.0 Å². The van der Waals surface area contributed by atoms with Crippen LogP contribution in [0.15, 0.2) is 32.5 Å². The number of aromatic nitrogens is 1. The molecule has 1 N–H and O–H groups in total. The Morgan fingerprint density at radius 3 is 2.58 bits per heavy atom. The summed E-state index contributed by atoms with van der Waals surface area (Å²) in [5, 5.41) is 2.92. The van der Waals surface area contributed by atoms with Crippen molar-refractivity contribution in [3.8, 4) is 5.75 Å². The van der Waals surface area contributed by atoms with E-state index in [0.717, 1.165) is 19.6 Å². The predicted octanol–water partition coefficient (Wildman–Crippen LogP) is 6.03. The van der Waals surface area contributed by atoms with E-state index in [2.05, 4.69) is 46.9 Å². The van der Waals surface area contributed by atoms with E-state index in [1.165, 1.54) is 29.5 Å². The standard InChI is InChI=1S/C13H5Br2F3N2O2S2/c14-6-4-9(23-10(6)15)11(21)20-12-19-7-2-1-5(3-8(7)24-12)22-13(16,17)18/h1-4H,(H,19,20,21). The van der Waals surface area contributed by atoms with Crippen LogP contribution in [0.4, 0.5) is 18.3 Å². The third-order valence-electron chi connectivity index (χ3n) is 2.68. The molecular formula is C13H5Br2F3N2O2S2. The van der Waals surface area contributed by atoms with E-state index in [1.54, 1.807) is 6.07 Å². The first kappa shape index (κ1) is 17.6. The number of halogens is 5. The molecule has 0 atom stereocenters. The first-order valence-electron chi connectivity index (χ1n) is 6.14. The second-order valence-electron chi connectivity index (χ2n) is 4.38. The Labute approximate surface area is 157 Å². The maximum Gasteiger partial charge on any atom is 0.573 e. The van der Waals surface area contributed by atoms with Crippen LogP contribution in [0.5, 0.6) is 5.75 Å². The maximum atomic E-state index is 12.2. The number of fused-ring (bicyclic) bond motifs is 1. The Morgan fingerprint density at radius 1 is 1.21 bits per heavy atom. The van der Waals surface area contributed by atoms with E-state index in [-0.39, 0.29) is 11.7 Å². The Balaban J connectivity index is 1.81. The molecule has 0 aliphatic rings. The summed E-state index contributed by atoms with van der Waals surface area (Å²) in [6, 6.07) is 5.47. The highest BCUT2D eigenvalue weighted by Crippen LogP contribution is 2.34. The summed E-state index contributed by atoms with van der Waals surface area (Å²) in [4.78, 5) is 16.8. The molecule has 126 valence electrons. The van der Waals surface area contributed by atoms with E-state index in [4.69, 9.17) is 0 Å². The zero-order valence-electron chi connectivity index (χ0n) is 11.3. The fraction of sp³-hybridized carbons (Fsp3) is 0.0769. The summed E-state index contributed by atoms with van der Waals surface area (Å²) in [6.07, 6.45) is -4.75. The summed E-state index contributed by atoms with van der Waals surface area (Å²) in [7, 11) is 0. The van der Waals surface area contributed by atoms with Crippen molar-refractivity contribution in [2.24, 2.45) is 0 Å². The number of alkyl halides is 3. The molecule has 2 heterocycles. The molecule has 0 bridgehead atoms. The zero-order chi connectivity index (χ0) is 17.5. The third kappa shape index (κ3) is 4.08. The number of carbonyl (C=O) groups is 1. The number of nitrogens with one attached hydrogen (secondary N) is 1. The summed E-state index contributed by atoms with van der Waals surface area (Å²) >= 11 is 8.91. The van der Waals surface area contributed by atoms with Gasteiger partial charge in [-0.05, 0) is 50.1 Å². The van der Waals surface area contributed by atoms with Crippen LogP contribution in [0, 0.1) is 0 Å². The normalized spacial score (nSPS) is 11.7. The van der Waals surface area contributed by atoms with E-state index in [1.807, 2.05) is 0 Å². The zero-order valence-corrected chi connectivity index (χ0v) is 16.1. The molecule has 1 amide bonds. The number of amides is 1. The molecule has 0 saturated heterocycles. The molecule has 0 spiro atoms. The number of hydrogen-bond acceptors (Lipinski definition) is 5. The number of ether oxygens (including phenoxy) is 1. The van der Waals surface area contributed by atoms with Crippen LogP contribution in [-0.4, -0.2) is 17.3 Å². The number of rotatable bonds is 3. The fourth-order valence-corrected chi connectivity index (χ4v) is 4.59. The highest BCUT2D eigenvalue weighted by molar-refractivity contribution is 9.13. The number of thiazole rings is 1. The van der Waals surface area contributed by atoms with Gasteiger partial charge in [-0.2, -0.15) is 0 Å². The number of anilines is 1. The average Bonchev–Trinajstić information content (AvgIpc) is 3.00. The number of hydrogen-bond donors (Lipinski definition) is 1. The highest BCUT2D eigenvalue weighted by atomic mass is 79.9. The average molecular weight is 502 g/mol.